The van der Waals surface area contributed by atoms with Gasteiger partial charge in [0, 0.05) is 33.1 Å². The number of carbonyl (C=O) groups is 1. The highest BCUT2D eigenvalue weighted by molar-refractivity contribution is 7.98. The molecular formula is C21H21ClFNO2S. The van der Waals surface area contributed by atoms with Gasteiger partial charge in [0.25, 0.3) is 0 Å². The van der Waals surface area contributed by atoms with Crippen LogP contribution in [0.1, 0.15) is 31.0 Å². The zero-order valence-electron chi connectivity index (χ0n) is 15.5. The molecule has 2 aromatic carbocycles. The minimum absolute atomic E-state index is 0.284. The van der Waals surface area contributed by atoms with Crippen LogP contribution in [0.25, 0.3) is 10.9 Å². The predicted octanol–water partition coefficient (Wildman–Crippen LogP) is 5.87. The fourth-order valence-electron chi connectivity index (χ4n) is 3.28. The van der Waals surface area contributed by atoms with E-state index in [0.717, 1.165) is 27.1 Å². The van der Waals surface area contributed by atoms with E-state index in [2.05, 4.69) is 4.57 Å². The number of rotatable bonds is 6. The molecule has 3 rings (SSSR count). The van der Waals surface area contributed by atoms with Crippen molar-refractivity contribution in [1.82, 2.24) is 4.57 Å². The summed E-state index contributed by atoms with van der Waals surface area (Å²) in [5.74, 6) is -1.04. The Hall–Kier alpha value is -1.98. The van der Waals surface area contributed by atoms with Crippen LogP contribution in [-0.4, -0.2) is 23.4 Å². The van der Waals surface area contributed by atoms with Crippen LogP contribution in [0.2, 0.25) is 5.02 Å². The van der Waals surface area contributed by atoms with Gasteiger partial charge in [-0.25, -0.2) is 4.39 Å². The number of fused-ring (bicyclic) bond motifs is 1. The van der Waals surface area contributed by atoms with E-state index in [4.69, 9.17) is 16.3 Å². The lowest BCUT2D eigenvalue weighted by Gasteiger charge is -2.17. The number of hydrogen-bond donors (Lipinski definition) is 0. The highest BCUT2D eigenvalue weighted by Gasteiger charge is 2.27. The fraction of sp³-hybridized carbons (Fsp3) is 0.286. The Morgan fingerprint density at radius 2 is 1.96 bits per heavy atom. The quantitative estimate of drug-likeness (QED) is 0.379. The second kappa shape index (κ2) is 8.36. The molecule has 6 heteroatoms. The molecule has 0 aliphatic rings. The van der Waals surface area contributed by atoms with Gasteiger partial charge >= 0.3 is 5.97 Å². The average molecular weight is 406 g/mol. The molecule has 0 saturated carbocycles. The van der Waals surface area contributed by atoms with Gasteiger partial charge in [-0.15, -0.1) is 11.8 Å². The maximum absolute atomic E-state index is 13.9. The minimum Gasteiger partial charge on any atom is -0.465 e. The summed E-state index contributed by atoms with van der Waals surface area (Å²) in [7, 11) is 0. The Balaban J connectivity index is 2.20. The van der Waals surface area contributed by atoms with E-state index in [9.17, 15) is 9.18 Å². The van der Waals surface area contributed by atoms with Crippen molar-refractivity contribution in [2.75, 3.05) is 12.9 Å². The summed E-state index contributed by atoms with van der Waals surface area (Å²) in [6.07, 6.45) is 1.94. The van der Waals surface area contributed by atoms with Crippen molar-refractivity contribution in [3.8, 4) is 0 Å². The maximum atomic E-state index is 13.9. The van der Waals surface area contributed by atoms with Gasteiger partial charge in [0.2, 0.25) is 0 Å². The van der Waals surface area contributed by atoms with Gasteiger partial charge in [0.15, 0.2) is 0 Å². The van der Waals surface area contributed by atoms with Gasteiger partial charge < -0.3 is 9.30 Å². The van der Waals surface area contributed by atoms with Crippen LogP contribution in [0, 0.1) is 5.82 Å². The first-order valence-electron chi connectivity index (χ1n) is 8.73. The lowest BCUT2D eigenvalue weighted by molar-refractivity contribution is -0.144. The van der Waals surface area contributed by atoms with E-state index in [1.54, 1.807) is 13.0 Å². The molecule has 0 aliphatic carbocycles. The molecular weight excluding hydrogens is 385 g/mol. The molecule has 0 N–H and O–H groups in total. The van der Waals surface area contributed by atoms with E-state index in [-0.39, 0.29) is 11.8 Å². The van der Waals surface area contributed by atoms with Crippen molar-refractivity contribution >= 4 is 40.2 Å². The average Bonchev–Trinajstić information content (AvgIpc) is 2.95. The molecule has 0 aliphatic heterocycles. The Morgan fingerprint density at radius 1 is 1.26 bits per heavy atom. The Labute approximate surface area is 167 Å². The first-order valence-corrected chi connectivity index (χ1v) is 10.3. The fourth-order valence-corrected chi connectivity index (χ4v) is 4.29. The highest BCUT2D eigenvalue weighted by Crippen LogP contribution is 2.38. The van der Waals surface area contributed by atoms with E-state index in [1.807, 2.05) is 37.4 Å². The molecule has 3 nitrogen and oxygen atoms in total. The van der Waals surface area contributed by atoms with Crippen LogP contribution in [0.4, 0.5) is 4.39 Å². The SMILES string of the molecule is CCOC(=O)C(C)c1c(SC)c2cc(F)ccc2n1Cc1ccc(Cl)cc1. The standard InChI is InChI=1S/C21H21ClFNO2S/c1-4-26-21(25)13(2)19-20(27-3)17-11-16(23)9-10-18(17)24(19)12-14-5-7-15(22)8-6-14/h5-11,13H,4,12H2,1-3H3. The van der Waals surface area contributed by atoms with Crippen molar-refractivity contribution in [3.63, 3.8) is 0 Å². The molecule has 0 spiro atoms. The van der Waals surface area contributed by atoms with E-state index in [1.165, 1.54) is 23.9 Å². The molecule has 0 radical (unpaired) electrons. The Bertz CT molecular complexity index is 968. The summed E-state index contributed by atoms with van der Waals surface area (Å²) in [6, 6.07) is 12.3. The third-order valence-corrected chi connectivity index (χ3v) is 5.62. The molecule has 0 fully saturated rings. The number of esters is 1. The number of nitrogens with zero attached hydrogens (tertiary/aromatic N) is 1. The van der Waals surface area contributed by atoms with Crippen LogP contribution in [0.15, 0.2) is 47.4 Å². The number of hydrogen-bond acceptors (Lipinski definition) is 3. The molecule has 3 aromatic rings. The lowest BCUT2D eigenvalue weighted by atomic mass is 10.1. The number of aromatic nitrogens is 1. The van der Waals surface area contributed by atoms with Crippen LogP contribution in [-0.2, 0) is 16.1 Å². The summed E-state index contributed by atoms with van der Waals surface area (Å²) in [4.78, 5) is 13.4. The van der Waals surface area contributed by atoms with Crippen LogP contribution < -0.4 is 0 Å². The van der Waals surface area contributed by atoms with Crippen LogP contribution in [0.3, 0.4) is 0 Å². The molecule has 1 heterocycles. The highest BCUT2D eigenvalue weighted by atomic mass is 35.5. The number of thioether (sulfide) groups is 1. The molecule has 0 amide bonds. The van der Waals surface area contributed by atoms with E-state index < -0.39 is 5.92 Å². The maximum Gasteiger partial charge on any atom is 0.314 e. The van der Waals surface area contributed by atoms with Crippen LogP contribution >= 0.6 is 23.4 Å². The summed E-state index contributed by atoms with van der Waals surface area (Å²) in [5.41, 5.74) is 2.78. The topological polar surface area (TPSA) is 31.2 Å². The molecule has 1 unspecified atom stereocenters. The third-order valence-electron chi connectivity index (χ3n) is 4.53. The number of benzene rings is 2. The van der Waals surface area contributed by atoms with Crippen molar-refractivity contribution < 1.29 is 13.9 Å². The Kier molecular flexibility index (Phi) is 6.12. The molecule has 1 atom stereocenters. The summed E-state index contributed by atoms with van der Waals surface area (Å²) in [6.45, 7) is 4.50. The van der Waals surface area contributed by atoms with E-state index >= 15 is 0 Å². The van der Waals surface area contributed by atoms with Gasteiger partial charge in [-0.2, -0.15) is 0 Å². The summed E-state index contributed by atoms with van der Waals surface area (Å²) < 4.78 is 21.2. The largest absolute Gasteiger partial charge is 0.465 e. The zero-order chi connectivity index (χ0) is 19.6. The number of carbonyl (C=O) groups excluding carboxylic acids is 1. The summed E-state index contributed by atoms with van der Waals surface area (Å²) >= 11 is 7.51. The third kappa shape index (κ3) is 3.99. The normalized spacial score (nSPS) is 12.3. The molecule has 0 saturated heterocycles. The summed E-state index contributed by atoms with van der Waals surface area (Å²) in [5, 5.41) is 1.48. The second-order valence-corrected chi connectivity index (χ2v) is 7.52. The van der Waals surface area contributed by atoms with Gasteiger partial charge in [-0.1, -0.05) is 23.7 Å². The monoisotopic (exact) mass is 405 g/mol. The second-order valence-electron chi connectivity index (χ2n) is 6.27. The first kappa shape index (κ1) is 19.8. The van der Waals surface area contributed by atoms with Gasteiger partial charge in [0.05, 0.1) is 12.5 Å². The minimum atomic E-state index is -0.463. The van der Waals surface area contributed by atoms with Crippen molar-refractivity contribution in [2.24, 2.45) is 0 Å². The van der Waals surface area contributed by atoms with Gasteiger partial charge in [0.1, 0.15) is 5.82 Å². The van der Waals surface area contributed by atoms with Crippen LogP contribution in [0.5, 0.6) is 0 Å². The molecule has 1 aromatic heterocycles. The zero-order valence-corrected chi connectivity index (χ0v) is 17.0. The van der Waals surface area contributed by atoms with E-state index in [0.29, 0.717) is 18.2 Å². The molecule has 27 heavy (non-hydrogen) atoms. The smallest absolute Gasteiger partial charge is 0.314 e. The van der Waals surface area contributed by atoms with Crippen molar-refractivity contribution in [3.05, 3.63) is 64.6 Å². The number of ether oxygens (including phenoxy) is 1. The van der Waals surface area contributed by atoms with Crippen molar-refractivity contribution in [2.45, 2.75) is 31.2 Å². The predicted molar refractivity (Wildman–Crippen MR) is 109 cm³/mol. The van der Waals surface area contributed by atoms with Crippen molar-refractivity contribution in [1.29, 1.82) is 0 Å². The van der Waals surface area contributed by atoms with Gasteiger partial charge in [-0.05, 0) is 56.0 Å². The number of halogens is 2. The first-order chi connectivity index (χ1) is 13.0. The van der Waals surface area contributed by atoms with Gasteiger partial charge in [-0.3, -0.25) is 4.79 Å². The molecule has 0 bridgehead atoms. The Morgan fingerprint density at radius 3 is 2.59 bits per heavy atom. The molecule has 142 valence electrons. The lowest BCUT2D eigenvalue weighted by Crippen LogP contribution is -2.17.